The largest absolute Gasteiger partial charge is 0.480 e. The number of ether oxygens (including phenoxy) is 1. The Kier molecular flexibility index (Phi) is 3.84. The molecule has 2 atom stereocenters. The zero-order valence-electron chi connectivity index (χ0n) is 12.0. The van der Waals surface area contributed by atoms with Gasteiger partial charge in [0.05, 0.1) is 12.2 Å². The number of hydrogen-bond donors (Lipinski definition) is 3. The van der Waals surface area contributed by atoms with Crippen LogP contribution >= 0.6 is 0 Å². The first-order chi connectivity index (χ1) is 10.5. The van der Waals surface area contributed by atoms with Crippen molar-refractivity contribution in [2.24, 2.45) is 11.7 Å². The number of rotatable bonds is 4. The topological polar surface area (TPSA) is 118 Å². The van der Waals surface area contributed by atoms with Crippen molar-refractivity contribution in [2.45, 2.75) is 25.4 Å². The van der Waals surface area contributed by atoms with Crippen LogP contribution < -0.4 is 15.8 Å². The van der Waals surface area contributed by atoms with Gasteiger partial charge >= 0.3 is 6.09 Å². The minimum Gasteiger partial charge on any atom is -0.480 e. The van der Waals surface area contributed by atoms with Crippen LogP contribution in [0.15, 0.2) is 12.1 Å². The Morgan fingerprint density at radius 3 is 2.95 bits per heavy atom. The van der Waals surface area contributed by atoms with E-state index >= 15 is 0 Å². The second-order valence-electron chi connectivity index (χ2n) is 5.65. The minimum absolute atomic E-state index is 0.0329. The maximum Gasteiger partial charge on any atom is 0.407 e. The van der Waals surface area contributed by atoms with Gasteiger partial charge in [0.25, 0.3) is 5.91 Å². The molecule has 0 unspecified atom stereocenters. The molecule has 0 bridgehead atoms. The Balaban J connectivity index is 1.71. The van der Waals surface area contributed by atoms with Crippen molar-refractivity contribution in [1.82, 2.24) is 9.88 Å². The molecule has 0 spiro atoms. The quantitative estimate of drug-likeness (QED) is 0.751. The zero-order chi connectivity index (χ0) is 15.7. The Hall–Kier alpha value is -2.35. The number of nitrogens with zero attached hydrogens (tertiary/aromatic N) is 2. The molecule has 8 heteroatoms. The molecule has 0 saturated heterocycles. The number of pyridine rings is 1. The predicted octanol–water partition coefficient (Wildman–Crippen LogP) is 0.630. The molecule has 1 aromatic rings. The summed E-state index contributed by atoms with van der Waals surface area (Å²) in [6.07, 6.45) is 0.893. The first-order valence-corrected chi connectivity index (χ1v) is 7.19. The van der Waals surface area contributed by atoms with Gasteiger partial charge in [0, 0.05) is 12.6 Å². The number of nitrogens with one attached hydrogen (secondary N) is 1. The highest BCUT2D eigenvalue weighted by Crippen LogP contribution is 2.28. The number of aromatic nitrogens is 1. The van der Waals surface area contributed by atoms with E-state index in [1.165, 1.54) is 4.90 Å². The van der Waals surface area contributed by atoms with Gasteiger partial charge in [-0.15, -0.1) is 0 Å². The van der Waals surface area contributed by atoms with Crippen molar-refractivity contribution in [3.63, 3.8) is 0 Å². The number of fused-ring (bicyclic) bond motifs is 1. The third kappa shape index (κ3) is 2.96. The van der Waals surface area contributed by atoms with Crippen molar-refractivity contribution in [3.05, 3.63) is 17.8 Å². The fraction of sp³-hybridized carbons (Fsp3) is 0.500. The van der Waals surface area contributed by atoms with Crippen molar-refractivity contribution in [2.75, 3.05) is 18.5 Å². The van der Waals surface area contributed by atoms with Crippen molar-refractivity contribution in [1.29, 1.82) is 0 Å². The molecule has 1 aliphatic carbocycles. The molecule has 2 aliphatic rings. The van der Waals surface area contributed by atoms with E-state index in [4.69, 9.17) is 10.5 Å². The number of carbonyl (C=O) groups is 2. The molecule has 1 aromatic heterocycles. The maximum atomic E-state index is 11.4. The van der Waals surface area contributed by atoms with Gasteiger partial charge in [-0.3, -0.25) is 4.79 Å². The van der Waals surface area contributed by atoms with Crippen molar-refractivity contribution in [3.8, 4) is 5.75 Å². The van der Waals surface area contributed by atoms with Gasteiger partial charge in [0.15, 0.2) is 18.2 Å². The standard InChI is InChI=1S/C14H18N4O4/c15-10-3-1-8(10)5-18(14(20)21)6-9-2-4-11-13(16-9)17-12(19)7-22-11/h2,4,8,10H,1,3,5-7,15H2,(H,20,21)(H,16,17,19)/t8-,10+/m0/s1. The lowest BCUT2D eigenvalue weighted by molar-refractivity contribution is -0.118. The van der Waals surface area contributed by atoms with E-state index in [1.807, 2.05) is 0 Å². The second-order valence-corrected chi connectivity index (χ2v) is 5.65. The summed E-state index contributed by atoms with van der Waals surface area (Å²) >= 11 is 0. The van der Waals surface area contributed by atoms with Crippen LogP contribution in [0.2, 0.25) is 0 Å². The van der Waals surface area contributed by atoms with E-state index in [0.29, 0.717) is 23.8 Å². The van der Waals surface area contributed by atoms with Crippen LogP contribution in [0.4, 0.5) is 10.6 Å². The Morgan fingerprint density at radius 1 is 1.50 bits per heavy atom. The van der Waals surface area contributed by atoms with Gasteiger partial charge in [0.2, 0.25) is 0 Å². The number of anilines is 1. The van der Waals surface area contributed by atoms with E-state index in [9.17, 15) is 14.7 Å². The third-order valence-corrected chi connectivity index (χ3v) is 4.09. The molecule has 118 valence electrons. The predicted molar refractivity (Wildman–Crippen MR) is 77.5 cm³/mol. The molecule has 2 heterocycles. The van der Waals surface area contributed by atoms with Crippen LogP contribution in [0.1, 0.15) is 18.5 Å². The van der Waals surface area contributed by atoms with E-state index in [0.717, 1.165) is 12.8 Å². The molecular weight excluding hydrogens is 288 g/mol. The molecule has 0 aromatic carbocycles. The fourth-order valence-corrected chi connectivity index (χ4v) is 2.60. The summed E-state index contributed by atoms with van der Waals surface area (Å²) in [6.45, 7) is 0.522. The smallest absolute Gasteiger partial charge is 0.407 e. The highest BCUT2D eigenvalue weighted by Gasteiger charge is 2.31. The Bertz CT molecular complexity index is 607. The average Bonchev–Trinajstić information content (AvgIpc) is 2.49. The maximum absolute atomic E-state index is 11.4. The summed E-state index contributed by atoms with van der Waals surface area (Å²) < 4.78 is 5.23. The molecule has 0 radical (unpaired) electrons. The first-order valence-electron chi connectivity index (χ1n) is 7.19. The van der Waals surface area contributed by atoms with Gasteiger partial charge in [-0.25, -0.2) is 9.78 Å². The lowest BCUT2D eigenvalue weighted by Crippen LogP contribution is -2.47. The van der Waals surface area contributed by atoms with Crippen LogP contribution in [0.25, 0.3) is 0 Å². The van der Waals surface area contributed by atoms with Crippen LogP contribution in [0.3, 0.4) is 0 Å². The number of amides is 2. The molecule has 3 rings (SSSR count). The lowest BCUT2D eigenvalue weighted by atomic mass is 9.80. The molecule has 8 nitrogen and oxygen atoms in total. The number of hydrogen-bond acceptors (Lipinski definition) is 5. The van der Waals surface area contributed by atoms with E-state index in [-0.39, 0.29) is 31.0 Å². The third-order valence-electron chi connectivity index (χ3n) is 4.09. The summed E-state index contributed by atoms with van der Waals surface area (Å²) in [5.74, 6) is 0.759. The number of carbonyl (C=O) groups excluding carboxylic acids is 1. The van der Waals surface area contributed by atoms with Gasteiger partial charge in [-0.05, 0) is 30.9 Å². The first kappa shape index (κ1) is 14.6. The minimum atomic E-state index is -1.00. The van der Waals surface area contributed by atoms with Crippen molar-refractivity contribution >= 4 is 17.8 Å². The van der Waals surface area contributed by atoms with Crippen LogP contribution in [-0.2, 0) is 11.3 Å². The van der Waals surface area contributed by atoms with Gasteiger partial charge < -0.3 is 25.8 Å². The summed E-state index contributed by atoms with van der Waals surface area (Å²) in [5.41, 5.74) is 6.43. The van der Waals surface area contributed by atoms with Crippen LogP contribution in [0.5, 0.6) is 5.75 Å². The monoisotopic (exact) mass is 306 g/mol. The fourth-order valence-electron chi connectivity index (χ4n) is 2.60. The summed E-state index contributed by atoms with van der Waals surface area (Å²) in [7, 11) is 0. The molecule has 1 fully saturated rings. The zero-order valence-corrected chi connectivity index (χ0v) is 12.0. The summed E-state index contributed by atoms with van der Waals surface area (Å²) in [5, 5.41) is 11.9. The van der Waals surface area contributed by atoms with Crippen molar-refractivity contribution < 1.29 is 19.4 Å². The highest BCUT2D eigenvalue weighted by molar-refractivity contribution is 5.94. The van der Waals surface area contributed by atoms with E-state index in [2.05, 4.69) is 10.3 Å². The lowest BCUT2D eigenvalue weighted by Gasteiger charge is -2.36. The average molecular weight is 306 g/mol. The van der Waals surface area contributed by atoms with Gasteiger partial charge in [-0.2, -0.15) is 0 Å². The van der Waals surface area contributed by atoms with Crippen LogP contribution in [-0.4, -0.2) is 46.2 Å². The summed E-state index contributed by atoms with van der Waals surface area (Å²) in [6, 6.07) is 3.46. The summed E-state index contributed by atoms with van der Waals surface area (Å²) in [4.78, 5) is 28.3. The molecule has 2 amide bonds. The molecule has 22 heavy (non-hydrogen) atoms. The van der Waals surface area contributed by atoms with E-state index < -0.39 is 6.09 Å². The SMILES string of the molecule is N[C@@H]1CC[C@H]1CN(Cc1ccc2c(n1)NC(=O)CO2)C(=O)O. The molecular formula is C14H18N4O4. The Morgan fingerprint density at radius 2 is 2.32 bits per heavy atom. The molecule has 1 saturated carbocycles. The number of carboxylic acid groups (broad SMARTS) is 1. The van der Waals surface area contributed by atoms with Gasteiger partial charge in [0.1, 0.15) is 0 Å². The molecule has 1 aliphatic heterocycles. The van der Waals surface area contributed by atoms with Crippen LogP contribution in [0, 0.1) is 5.92 Å². The van der Waals surface area contributed by atoms with E-state index in [1.54, 1.807) is 12.1 Å². The Labute approximate surface area is 127 Å². The number of nitrogens with two attached hydrogens (primary N) is 1. The molecule has 4 N–H and O–H groups in total. The normalized spacial score (nSPS) is 22.9. The van der Waals surface area contributed by atoms with Gasteiger partial charge in [-0.1, -0.05) is 0 Å². The second kappa shape index (κ2) is 5.80. The highest BCUT2D eigenvalue weighted by atomic mass is 16.5.